The first-order chi connectivity index (χ1) is 23.1. The topological polar surface area (TPSA) is 133 Å². The van der Waals surface area contributed by atoms with Gasteiger partial charge in [-0.2, -0.15) is 13.2 Å². The maximum Gasteiger partial charge on any atom is 0.416 e. The van der Waals surface area contributed by atoms with E-state index in [-0.39, 0.29) is 17.4 Å². The molecule has 48 heavy (non-hydrogen) atoms. The fourth-order valence-corrected chi connectivity index (χ4v) is 5.83. The van der Waals surface area contributed by atoms with Crippen molar-refractivity contribution in [2.24, 2.45) is 0 Å². The maximum absolute atomic E-state index is 13.8. The Morgan fingerprint density at radius 3 is 2.60 bits per heavy atom. The van der Waals surface area contributed by atoms with Crippen molar-refractivity contribution in [3.63, 3.8) is 0 Å². The second-order valence-electron chi connectivity index (χ2n) is 11.9. The van der Waals surface area contributed by atoms with Gasteiger partial charge in [0, 0.05) is 60.9 Å². The number of carbonyl (C=O) groups is 2. The lowest BCUT2D eigenvalue weighted by molar-refractivity contribution is -0.137. The van der Waals surface area contributed by atoms with Crippen molar-refractivity contribution in [1.82, 2.24) is 20.2 Å². The molecule has 11 nitrogen and oxygen atoms in total. The van der Waals surface area contributed by atoms with Crippen molar-refractivity contribution in [2.75, 3.05) is 68.4 Å². The first-order valence-corrected chi connectivity index (χ1v) is 16.0. The quantitative estimate of drug-likeness (QED) is 0.155. The molecular weight excluding hydrogens is 627 g/mol. The molecule has 4 aromatic rings. The third kappa shape index (κ3) is 8.06. The van der Waals surface area contributed by atoms with E-state index in [0.717, 1.165) is 42.7 Å². The van der Waals surface area contributed by atoms with Crippen LogP contribution in [0.1, 0.15) is 44.7 Å². The third-order valence-electron chi connectivity index (χ3n) is 8.49. The van der Waals surface area contributed by atoms with Crippen LogP contribution >= 0.6 is 0 Å². The predicted octanol–water partition coefficient (Wildman–Crippen LogP) is 5.27. The zero-order valence-electron chi connectivity index (χ0n) is 26.5. The maximum atomic E-state index is 13.8. The van der Waals surface area contributed by atoms with Gasteiger partial charge in [0.15, 0.2) is 0 Å². The Morgan fingerprint density at radius 1 is 1.04 bits per heavy atom. The highest BCUT2D eigenvalue weighted by Crippen LogP contribution is 2.34. The average Bonchev–Trinajstić information content (AvgIpc) is 3.56. The number of halogens is 3. The van der Waals surface area contributed by atoms with E-state index in [1.165, 1.54) is 12.3 Å². The molecule has 0 atom stereocenters. The Balaban J connectivity index is 1.18. The molecule has 0 radical (unpaired) electrons. The van der Waals surface area contributed by atoms with Crippen molar-refractivity contribution >= 4 is 39.9 Å². The van der Waals surface area contributed by atoms with E-state index in [2.05, 4.69) is 36.1 Å². The first-order valence-electron chi connectivity index (χ1n) is 16.0. The Hall–Kier alpha value is -4.66. The fourth-order valence-electron chi connectivity index (χ4n) is 5.83. The van der Waals surface area contributed by atoms with Crippen LogP contribution in [0.3, 0.4) is 0 Å². The number of hydrogen-bond donors (Lipinski definition) is 5. The average molecular weight is 666 g/mol. The molecule has 0 spiro atoms. The zero-order valence-corrected chi connectivity index (χ0v) is 26.5. The van der Waals surface area contributed by atoms with E-state index in [4.69, 9.17) is 9.47 Å². The largest absolute Gasteiger partial charge is 0.490 e. The van der Waals surface area contributed by atoms with Crippen LogP contribution in [0.5, 0.6) is 5.75 Å². The van der Waals surface area contributed by atoms with Gasteiger partial charge in [-0.25, -0.2) is 4.98 Å². The van der Waals surface area contributed by atoms with E-state index < -0.39 is 23.6 Å². The molecule has 2 aliphatic rings. The van der Waals surface area contributed by atoms with Crippen LogP contribution < -0.4 is 26.0 Å². The second kappa shape index (κ2) is 14.6. The fraction of sp³-hybridized carbons (Fsp3) is 0.382. The minimum atomic E-state index is -4.67. The molecule has 2 aromatic heterocycles. The van der Waals surface area contributed by atoms with Gasteiger partial charge < -0.3 is 35.7 Å². The number of aromatic nitrogens is 2. The smallest absolute Gasteiger partial charge is 0.416 e. The Bertz CT molecular complexity index is 1770. The number of fused-ring (bicyclic) bond motifs is 1. The molecule has 2 saturated heterocycles. The number of morpholine rings is 1. The van der Waals surface area contributed by atoms with Crippen LogP contribution in [0.2, 0.25) is 0 Å². The van der Waals surface area contributed by atoms with Crippen molar-refractivity contribution in [2.45, 2.75) is 32.0 Å². The lowest BCUT2D eigenvalue weighted by Crippen LogP contribution is -2.39. The summed E-state index contributed by atoms with van der Waals surface area (Å²) in [6.07, 6.45) is -0.354. The molecule has 0 bridgehead atoms. The van der Waals surface area contributed by atoms with E-state index in [9.17, 15) is 22.8 Å². The van der Waals surface area contributed by atoms with Gasteiger partial charge in [0.1, 0.15) is 17.5 Å². The van der Waals surface area contributed by atoms with E-state index in [1.807, 2.05) is 6.07 Å². The number of piperidine rings is 1. The highest BCUT2D eigenvalue weighted by Gasteiger charge is 2.32. The SMILES string of the molecule is Cc1ccc(NC(=O)c2cc(OC3CCNCC3)cc(C(F)(F)F)c2)cc1NC(=O)c1cnc2[nH]ccc2c1NCCN1CCOCC1. The molecular formula is C34H38F3N7O4. The first kappa shape index (κ1) is 33.2. The Kier molecular flexibility index (Phi) is 10.1. The summed E-state index contributed by atoms with van der Waals surface area (Å²) in [7, 11) is 0. The number of ether oxygens (including phenoxy) is 2. The molecule has 6 rings (SSSR count). The molecule has 0 unspecified atom stereocenters. The number of anilines is 3. The zero-order chi connectivity index (χ0) is 33.7. The molecule has 254 valence electrons. The Labute approximate surface area is 275 Å². The van der Waals surface area contributed by atoms with Crippen molar-refractivity contribution in [3.05, 3.63) is 77.1 Å². The molecule has 2 amide bonds. The summed E-state index contributed by atoms with van der Waals surface area (Å²) in [5.41, 5.74) is 1.88. The number of hydrogen-bond acceptors (Lipinski definition) is 8. The molecule has 2 aromatic carbocycles. The number of carbonyl (C=O) groups excluding carboxylic acids is 2. The van der Waals surface area contributed by atoms with Crippen LogP contribution in [0.25, 0.3) is 11.0 Å². The van der Waals surface area contributed by atoms with Gasteiger partial charge >= 0.3 is 6.18 Å². The van der Waals surface area contributed by atoms with Gasteiger partial charge in [0.25, 0.3) is 11.8 Å². The lowest BCUT2D eigenvalue weighted by atomic mass is 10.1. The van der Waals surface area contributed by atoms with Gasteiger partial charge in [-0.05, 0) is 74.8 Å². The second-order valence-corrected chi connectivity index (χ2v) is 11.9. The number of H-pyrrole nitrogens is 1. The normalized spacial score (nSPS) is 16.1. The van der Waals surface area contributed by atoms with Crippen molar-refractivity contribution in [3.8, 4) is 5.75 Å². The summed E-state index contributed by atoms with van der Waals surface area (Å²) in [6.45, 7) is 7.65. The third-order valence-corrected chi connectivity index (χ3v) is 8.49. The van der Waals surface area contributed by atoms with Gasteiger partial charge in [-0.1, -0.05) is 6.07 Å². The van der Waals surface area contributed by atoms with Gasteiger partial charge in [-0.3, -0.25) is 14.5 Å². The van der Waals surface area contributed by atoms with E-state index >= 15 is 0 Å². The van der Waals surface area contributed by atoms with Crippen molar-refractivity contribution < 1.29 is 32.2 Å². The monoisotopic (exact) mass is 665 g/mol. The molecule has 0 saturated carbocycles. The van der Waals surface area contributed by atoms with Crippen LogP contribution in [-0.4, -0.2) is 85.3 Å². The number of nitrogens with one attached hydrogen (secondary N) is 5. The summed E-state index contributed by atoms with van der Waals surface area (Å²) >= 11 is 0. The number of rotatable bonds is 10. The van der Waals surface area contributed by atoms with Crippen LogP contribution in [0, 0.1) is 6.92 Å². The minimum Gasteiger partial charge on any atom is -0.490 e. The highest BCUT2D eigenvalue weighted by atomic mass is 19.4. The molecule has 2 fully saturated rings. The van der Waals surface area contributed by atoms with E-state index in [0.29, 0.717) is 74.0 Å². The van der Waals surface area contributed by atoms with Crippen LogP contribution in [0.4, 0.5) is 30.2 Å². The number of nitrogens with zero attached hydrogens (tertiary/aromatic N) is 2. The summed E-state index contributed by atoms with van der Waals surface area (Å²) in [5, 5.41) is 13.0. The molecule has 0 aliphatic carbocycles. The number of pyridine rings is 1. The minimum absolute atomic E-state index is 0.0129. The number of alkyl halides is 3. The predicted molar refractivity (Wildman–Crippen MR) is 177 cm³/mol. The standard InChI is InChI=1S/C34H38F3N7O4/c1-21-2-3-24(42-32(45)22-16-23(34(35,36)37)18-26(17-22)48-25-4-7-38-8-5-25)19-29(21)43-33(46)28-20-41-31-27(6-9-40-31)30(28)39-10-11-44-12-14-47-15-13-44/h2-3,6,9,16-20,25,38H,4-5,7-8,10-15H2,1H3,(H,42,45)(H,43,46)(H2,39,40,41). The summed E-state index contributed by atoms with van der Waals surface area (Å²) in [4.78, 5) is 36.7. The molecule has 14 heteroatoms. The lowest BCUT2D eigenvalue weighted by Gasteiger charge is -2.26. The van der Waals surface area contributed by atoms with Crippen LogP contribution in [-0.2, 0) is 10.9 Å². The van der Waals surface area contributed by atoms with Gasteiger partial charge in [0.2, 0.25) is 0 Å². The Morgan fingerprint density at radius 2 is 1.83 bits per heavy atom. The number of aryl methyl sites for hydroxylation is 1. The number of benzene rings is 2. The number of amides is 2. The van der Waals surface area contributed by atoms with Gasteiger partial charge in [-0.15, -0.1) is 0 Å². The van der Waals surface area contributed by atoms with Gasteiger partial charge in [0.05, 0.1) is 30.0 Å². The van der Waals surface area contributed by atoms with E-state index in [1.54, 1.807) is 31.3 Å². The summed E-state index contributed by atoms with van der Waals surface area (Å²) in [6, 6.07) is 9.80. The van der Waals surface area contributed by atoms with Crippen LogP contribution in [0.15, 0.2) is 54.9 Å². The molecule has 4 heterocycles. The highest BCUT2D eigenvalue weighted by molar-refractivity contribution is 6.13. The number of aromatic amines is 1. The summed E-state index contributed by atoms with van der Waals surface area (Å²) < 4.78 is 52.6. The summed E-state index contributed by atoms with van der Waals surface area (Å²) in [5.74, 6) is -1.17. The molecule has 5 N–H and O–H groups in total. The molecule has 2 aliphatic heterocycles. The van der Waals surface area contributed by atoms with Crippen molar-refractivity contribution in [1.29, 1.82) is 0 Å².